The lowest BCUT2D eigenvalue weighted by Gasteiger charge is -2.44. The van der Waals surface area contributed by atoms with Crippen LogP contribution < -0.4 is 4.90 Å². The Bertz CT molecular complexity index is 772. The minimum Gasteiger partial charge on any atom is -0.450 e. The van der Waals surface area contributed by atoms with Gasteiger partial charge in [-0.25, -0.2) is 4.79 Å². The molecule has 28 heavy (non-hydrogen) atoms. The maximum Gasteiger partial charge on any atom is 0.409 e. The summed E-state index contributed by atoms with van der Waals surface area (Å²) in [5, 5.41) is 0. The van der Waals surface area contributed by atoms with Crippen LogP contribution in [0.2, 0.25) is 0 Å². The Hall–Kier alpha value is -2.08. The quantitative estimate of drug-likeness (QED) is 0.803. The first kappa shape index (κ1) is 19.2. The first-order valence-electron chi connectivity index (χ1n) is 10.5. The molecule has 0 bridgehead atoms. The third-order valence-corrected chi connectivity index (χ3v) is 6.68. The molecule has 3 heterocycles. The number of hydrogen-bond donors (Lipinski definition) is 0. The van der Waals surface area contributed by atoms with Crippen molar-refractivity contribution in [2.75, 3.05) is 37.7 Å². The first-order chi connectivity index (χ1) is 13.4. The number of hydrogen-bond acceptors (Lipinski definition) is 4. The number of likely N-dealkylation sites (tertiary alicyclic amines) is 2. The second kappa shape index (κ2) is 7.39. The maximum atomic E-state index is 12.7. The highest BCUT2D eigenvalue weighted by molar-refractivity contribution is 6.02. The molecule has 3 aliphatic heterocycles. The van der Waals surface area contributed by atoms with E-state index in [0.29, 0.717) is 13.0 Å². The van der Waals surface area contributed by atoms with Gasteiger partial charge in [0.1, 0.15) is 0 Å². The monoisotopic (exact) mass is 385 g/mol. The smallest absolute Gasteiger partial charge is 0.409 e. The summed E-state index contributed by atoms with van der Waals surface area (Å²) in [7, 11) is 0. The number of aryl methyl sites for hydroxylation is 1. The van der Waals surface area contributed by atoms with Gasteiger partial charge in [0, 0.05) is 43.4 Å². The Morgan fingerprint density at radius 2 is 2.00 bits per heavy atom. The van der Waals surface area contributed by atoms with Crippen molar-refractivity contribution in [2.45, 2.75) is 58.0 Å². The Morgan fingerprint density at radius 1 is 1.25 bits per heavy atom. The van der Waals surface area contributed by atoms with E-state index in [1.165, 1.54) is 5.56 Å². The number of benzene rings is 1. The molecule has 4 rings (SSSR count). The van der Waals surface area contributed by atoms with Crippen LogP contribution in [0.25, 0.3) is 0 Å². The number of carbonyl (C=O) groups is 2. The zero-order valence-corrected chi connectivity index (χ0v) is 17.2. The largest absolute Gasteiger partial charge is 0.450 e. The Balaban J connectivity index is 1.40. The van der Waals surface area contributed by atoms with Gasteiger partial charge in [0.2, 0.25) is 5.91 Å². The van der Waals surface area contributed by atoms with Gasteiger partial charge < -0.3 is 14.5 Å². The molecule has 1 atom stereocenters. The van der Waals surface area contributed by atoms with Gasteiger partial charge in [0.25, 0.3) is 0 Å². The van der Waals surface area contributed by atoms with Crippen LogP contribution in [0.3, 0.4) is 0 Å². The number of fused-ring (bicyclic) bond motifs is 1. The van der Waals surface area contributed by atoms with Gasteiger partial charge in [0.15, 0.2) is 0 Å². The Morgan fingerprint density at radius 3 is 2.71 bits per heavy atom. The van der Waals surface area contributed by atoms with Crippen LogP contribution in [0.4, 0.5) is 10.5 Å². The highest BCUT2D eigenvalue weighted by Crippen LogP contribution is 2.36. The van der Waals surface area contributed by atoms with E-state index in [1.807, 2.05) is 11.8 Å². The fourth-order valence-electron chi connectivity index (χ4n) is 5.07. The Labute approximate surface area is 167 Å². The number of ether oxygens (including phenoxy) is 1. The van der Waals surface area contributed by atoms with Gasteiger partial charge in [-0.3, -0.25) is 9.69 Å². The van der Waals surface area contributed by atoms with Crippen LogP contribution in [0, 0.1) is 6.92 Å². The van der Waals surface area contributed by atoms with Gasteiger partial charge in [-0.2, -0.15) is 0 Å². The van der Waals surface area contributed by atoms with E-state index in [9.17, 15) is 9.59 Å². The van der Waals surface area contributed by atoms with E-state index in [-0.39, 0.29) is 23.6 Å². The molecule has 2 saturated heterocycles. The van der Waals surface area contributed by atoms with E-state index in [0.717, 1.165) is 56.7 Å². The van der Waals surface area contributed by atoms with E-state index < -0.39 is 0 Å². The molecule has 0 aliphatic carbocycles. The van der Waals surface area contributed by atoms with Gasteiger partial charge >= 0.3 is 6.09 Å². The summed E-state index contributed by atoms with van der Waals surface area (Å²) in [5.74, 6) is 0.236. The van der Waals surface area contributed by atoms with Crippen LogP contribution in [-0.2, 0) is 16.0 Å². The second-order valence-electron chi connectivity index (χ2n) is 8.66. The lowest BCUT2D eigenvalue weighted by Crippen LogP contribution is -2.55. The highest BCUT2D eigenvalue weighted by atomic mass is 16.6. The summed E-state index contributed by atoms with van der Waals surface area (Å²) in [6.07, 6.45) is 3.27. The van der Waals surface area contributed by atoms with Gasteiger partial charge in [-0.05, 0) is 57.2 Å². The first-order valence-corrected chi connectivity index (χ1v) is 10.5. The van der Waals surface area contributed by atoms with E-state index >= 15 is 0 Å². The van der Waals surface area contributed by atoms with Gasteiger partial charge in [0.05, 0.1) is 13.0 Å². The molecule has 0 spiro atoms. The van der Waals surface area contributed by atoms with Gasteiger partial charge in [-0.1, -0.05) is 12.1 Å². The number of anilines is 1. The minimum atomic E-state index is -0.198. The van der Waals surface area contributed by atoms with Crippen LogP contribution in [0.15, 0.2) is 18.2 Å². The number of piperidine rings is 1. The topological polar surface area (TPSA) is 53.1 Å². The standard InChI is InChI=1S/C22H31N3O3/c1-4-28-21(27)23-12-9-22(3,15-23)24-10-7-18(8-11-24)25-19-13-16(2)5-6-17(19)14-20(25)26/h5-6,13,18H,4,7-12,14-15H2,1-3H3. The maximum absolute atomic E-state index is 12.7. The molecule has 0 radical (unpaired) electrons. The van der Waals surface area contributed by atoms with E-state index in [2.05, 4.69) is 41.8 Å². The molecule has 1 aromatic carbocycles. The summed E-state index contributed by atoms with van der Waals surface area (Å²) in [6, 6.07) is 6.62. The van der Waals surface area contributed by atoms with Crippen molar-refractivity contribution in [3.63, 3.8) is 0 Å². The second-order valence-corrected chi connectivity index (χ2v) is 8.66. The zero-order valence-electron chi connectivity index (χ0n) is 17.2. The molecule has 6 heteroatoms. The molecule has 1 unspecified atom stereocenters. The SMILES string of the molecule is CCOC(=O)N1CCC(C)(N2CCC(N3C(=O)Cc4ccc(C)cc43)CC2)C1. The highest BCUT2D eigenvalue weighted by Gasteiger charge is 2.43. The Kier molecular flexibility index (Phi) is 5.08. The van der Waals surface area contributed by atoms with E-state index in [4.69, 9.17) is 4.74 Å². The predicted octanol–water partition coefficient (Wildman–Crippen LogP) is 2.97. The summed E-state index contributed by atoms with van der Waals surface area (Å²) in [6.45, 7) is 10.0. The number of carbonyl (C=O) groups excluding carboxylic acids is 2. The third kappa shape index (κ3) is 3.39. The van der Waals surface area contributed by atoms with Crippen molar-refractivity contribution < 1.29 is 14.3 Å². The average molecular weight is 386 g/mol. The lowest BCUT2D eigenvalue weighted by atomic mass is 9.93. The lowest BCUT2D eigenvalue weighted by molar-refractivity contribution is -0.118. The van der Waals surface area contributed by atoms with Crippen LogP contribution in [0.1, 0.15) is 44.2 Å². The number of nitrogens with zero attached hydrogens (tertiary/aromatic N) is 3. The molecule has 6 nitrogen and oxygen atoms in total. The minimum absolute atomic E-state index is 0.00124. The van der Waals surface area contributed by atoms with Crippen molar-refractivity contribution >= 4 is 17.7 Å². The molecule has 0 N–H and O–H groups in total. The van der Waals surface area contributed by atoms with E-state index in [1.54, 1.807) is 0 Å². The van der Waals surface area contributed by atoms with Crippen molar-refractivity contribution in [1.82, 2.24) is 9.80 Å². The van der Waals surface area contributed by atoms with Gasteiger partial charge in [-0.15, -0.1) is 0 Å². The zero-order chi connectivity index (χ0) is 19.9. The fourth-order valence-corrected chi connectivity index (χ4v) is 5.07. The summed E-state index contributed by atoms with van der Waals surface area (Å²) in [5.41, 5.74) is 3.48. The van der Waals surface area contributed by atoms with Crippen molar-refractivity contribution in [3.05, 3.63) is 29.3 Å². The van der Waals surface area contributed by atoms with Crippen molar-refractivity contribution in [2.24, 2.45) is 0 Å². The molecule has 1 aromatic rings. The normalized spacial score (nSPS) is 26.0. The molecule has 2 amide bonds. The van der Waals surface area contributed by atoms with Crippen molar-refractivity contribution in [1.29, 1.82) is 0 Å². The van der Waals surface area contributed by atoms with Crippen LogP contribution in [0.5, 0.6) is 0 Å². The predicted molar refractivity (Wildman–Crippen MR) is 109 cm³/mol. The average Bonchev–Trinajstić information content (AvgIpc) is 3.22. The molecule has 152 valence electrons. The van der Waals surface area contributed by atoms with Crippen LogP contribution >= 0.6 is 0 Å². The molecule has 0 saturated carbocycles. The van der Waals surface area contributed by atoms with Crippen LogP contribution in [-0.4, -0.2) is 66.2 Å². The number of rotatable bonds is 3. The van der Waals surface area contributed by atoms with Crippen molar-refractivity contribution in [3.8, 4) is 0 Å². The molecule has 2 fully saturated rings. The summed E-state index contributed by atoms with van der Waals surface area (Å²) in [4.78, 5) is 31.1. The molecule has 0 aromatic heterocycles. The fraction of sp³-hybridized carbons (Fsp3) is 0.636. The molecule has 3 aliphatic rings. The number of amides is 2. The summed E-state index contributed by atoms with van der Waals surface area (Å²) < 4.78 is 5.17. The summed E-state index contributed by atoms with van der Waals surface area (Å²) >= 11 is 0. The third-order valence-electron chi connectivity index (χ3n) is 6.68. The molecular weight excluding hydrogens is 354 g/mol. The molecular formula is C22H31N3O3.